The van der Waals surface area contributed by atoms with Crippen molar-refractivity contribution in [2.24, 2.45) is 5.92 Å². The lowest BCUT2D eigenvalue weighted by Crippen LogP contribution is -2.29. The quantitative estimate of drug-likeness (QED) is 0.875. The van der Waals surface area contributed by atoms with Crippen molar-refractivity contribution in [3.8, 4) is 0 Å². The van der Waals surface area contributed by atoms with E-state index in [1.165, 1.54) is 0 Å². The van der Waals surface area contributed by atoms with Gasteiger partial charge in [-0.15, -0.1) is 0 Å². The first-order valence-corrected chi connectivity index (χ1v) is 9.34. The summed E-state index contributed by atoms with van der Waals surface area (Å²) in [6, 6.07) is 15.6. The molecule has 0 aliphatic carbocycles. The lowest BCUT2D eigenvalue weighted by atomic mass is 10.0. The molecule has 142 valence electrons. The number of carbonyl (C=O) groups excluding carboxylic acids is 2. The number of rotatable bonds is 5. The highest BCUT2D eigenvalue weighted by molar-refractivity contribution is 6.04. The van der Waals surface area contributed by atoms with Gasteiger partial charge in [-0.2, -0.15) is 0 Å². The van der Waals surface area contributed by atoms with E-state index >= 15 is 0 Å². The van der Waals surface area contributed by atoms with E-state index in [2.05, 4.69) is 19.2 Å². The molecule has 1 aliphatic rings. The summed E-state index contributed by atoms with van der Waals surface area (Å²) in [7, 11) is 3.95. The van der Waals surface area contributed by atoms with Crippen LogP contribution in [0.3, 0.4) is 0 Å². The van der Waals surface area contributed by atoms with Crippen molar-refractivity contribution in [2.75, 3.05) is 35.8 Å². The normalized spacial score (nSPS) is 16.7. The van der Waals surface area contributed by atoms with E-state index in [9.17, 15) is 9.59 Å². The van der Waals surface area contributed by atoms with E-state index in [4.69, 9.17) is 0 Å². The number of anilines is 3. The van der Waals surface area contributed by atoms with E-state index in [0.29, 0.717) is 12.5 Å². The zero-order chi connectivity index (χ0) is 19.6. The van der Waals surface area contributed by atoms with Crippen molar-refractivity contribution in [1.82, 2.24) is 0 Å². The van der Waals surface area contributed by atoms with Gasteiger partial charge >= 0.3 is 0 Å². The Kier molecular flexibility index (Phi) is 5.49. The van der Waals surface area contributed by atoms with Crippen LogP contribution in [0, 0.1) is 5.92 Å². The second kappa shape index (κ2) is 7.82. The molecule has 2 aromatic carbocycles. The monoisotopic (exact) mass is 365 g/mol. The van der Waals surface area contributed by atoms with Gasteiger partial charge in [-0.1, -0.05) is 32.0 Å². The Labute approximate surface area is 161 Å². The van der Waals surface area contributed by atoms with Gasteiger partial charge in [-0.3, -0.25) is 9.59 Å². The summed E-state index contributed by atoms with van der Waals surface area (Å²) in [5, 5.41) is 2.94. The average Bonchev–Trinajstić information content (AvgIpc) is 3.04. The first-order valence-electron chi connectivity index (χ1n) is 9.34. The molecule has 0 spiro atoms. The number of carbonyl (C=O) groups is 2. The lowest BCUT2D eigenvalue weighted by Gasteiger charge is -2.22. The molecule has 0 aromatic heterocycles. The van der Waals surface area contributed by atoms with Crippen LogP contribution in [0.25, 0.3) is 0 Å². The van der Waals surface area contributed by atoms with Crippen LogP contribution in [0.4, 0.5) is 17.1 Å². The first-order chi connectivity index (χ1) is 12.9. The topological polar surface area (TPSA) is 52.7 Å². The van der Waals surface area contributed by atoms with Crippen LogP contribution in [0.1, 0.15) is 31.7 Å². The molecule has 1 fully saturated rings. The first kappa shape index (κ1) is 19.0. The standard InChI is InChI=1S/C22H27N3O2/c1-15(2)19-7-5-6-8-20(19)25-14-16(13-21(25)26)22(27)23-17-9-11-18(12-10-17)24(3)4/h5-12,15-16H,13-14H2,1-4H3,(H,23,27). The highest BCUT2D eigenvalue weighted by Gasteiger charge is 2.36. The van der Waals surface area contributed by atoms with Gasteiger partial charge in [0.15, 0.2) is 0 Å². The van der Waals surface area contributed by atoms with Gasteiger partial charge in [-0.25, -0.2) is 0 Å². The number of benzene rings is 2. The molecule has 1 aliphatic heterocycles. The number of amides is 2. The molecule has 3 rings (SSSR count). The third-order valence-corrected chi connectivity index (χ3v) is 5.00. The Hall–Kier alpha value is -2.82. The van der Waals surface area contributed by atoms with Crippen LogP contribution in [0.2, 0.25) is 0 Å². The summed E-state index contributed by atoms with van der Waals surface area (Å²) >= 11 is 0. The molecule has 1 unspecified atom stereocenters. The molecular weight excluding hydrogens is 338 g/mol. The Morgan fingerprint density at radius 3 is 2.41 bits per heavy atom. The van der Waals surface area contributed by atoms with E-state index in [-0.39, 0.29) is 24.2 Å². The molecular formula is C22H27N3O2. The highest BCUT2D eigenvalue weighted by Crippen LogP contribution is 2.32. The summed E-state index contributed by atoms with van der Waals surface area (Å²) < 4.78 is 0. The largest absolute Gasteiger partial charge is 0.378 e. The number of hydrogen-bond acceptors (Lipinski definition) is 3. The summed E-state index contributed by atoms with van der Waals surface area (Å²) in [4.78, 5) is 29.0. The minimum absolute atomic E-state index is 0.00575. The minimum Gasteiger partial charge on any atom is -0.378 e. The van der Waals surface area contributed by atoms with Crippen LogP contribution in [-0.2, 0) is 9.59 Å². The predicted octanol–water partition coefficient (Wildman–Crippen LogP) is 3.87. The maximum absolute atomic E-state index is 12.7. The number of para-hydroxylation sites is 1. The molecule has 2 aromatic rings. The van der Waals surface area contributed by atoms with Gasteiger partial charge in [0, 0.05) is 44.1 Å². The van der Waals surface area contributed by atoms with Gasteiger partial charge in [-0.05, 0) is 41.8 Å². The summed E-state index contributed by atoms with van der Waals surface area (Å²) in [5.41, 5.74) is 3.87. The minimum atomic E-state index is -0.341. The van der Waals surface area contributed by atoms with Crippen LogP contribution in [-0.4, -0.2) is 32.5 Å². The Bertz CT molecular complexity index is 828. The molecule has 2 amide bonds. The van der Waals surface area contributed by atoms with Crippen LogP contribution < -0.4 is 15.1 Å². The maximum Gasteiger partial charge on any atom is 0.229 e. The molecule has 1 atom stereocenters. The van der Waals surface area contributed by atoms with Crippen LogP contribution in [0.5, 0.6) is 0 Å². The van der Waals surface area contributed by atoms with E-state index < -0.39 is 0 Å². The van der Waals surface area contributed by atoms with E-state index in [1.54, 1.807) is 4.90 Å². The third-order valence-electron chi connectivity index (χ3n) is 5.00. The van der Waals surface area contributed by atoms with Crippen LogP contribution >= 0.6 is 0 Å². The molecule has 1 saturated heterocycles. The maximum atomic E-state index is 12.7. The van der Waals surface area contributed by atoms with Gasteiger partial charge < -0.3 is 15.1 Å². The second-order valence-electron chi connectivity index (χ2n) is 7.55. The lowest BCUT2D eigenvalue weighted by molar-refractivity contribution is -0.122. The van der Waals surface area contributed by atoms with Crippen molar-refractivity contribution in [3.05, 3.63) is 54.1 Å². The van der Waals surface area contributed by atoms with Crippen molar-refractivity contribution in [3.63, 3.8) is 0 Å². The molecule has 5 nitrogen and oxygen atoms in total. The van der Waals surface area contributed by atoms with Gasteiger partial charge in [0.1, 0.15) is 0 Å². The molecule has 1 N–H and O–H groups in total. The van der Waals surface area contributed by atoms with Gasteiger partial charge in [0.2, 0.25) is 11.8 Å². The molecule has 27 heavy (non-hydrogen) atoms. The summed E-state index contributed by atoms with van der Waals surface area (Å²) in [5.74, 6) is -0.125. The van der Waals surface area contributed by atoms with Gasteiger partial charge in [0.25, 0.3) is 0 Å². The summed E-state index contributed by atoms with van der Waals surface area (Å²) in [6.07, 6.45) is 0.244. The molecule has 0 radical (unpaired) electrons. The number of nitrogens with zero attached hydrogens (tertiary/aromatic N) is 2. The smallest absolute Gasteiger partial charge is 0.229 e. The summed E-state index contributed by atoms with van der Waals surface area (Å²) in [6.45, 7) is 4.64. The predicted molar refractivity (Wildman–Crippen MR) is 110 cm³/mol. The van der Waals surface area contributed by atoms with E-state index in [0.717, 1.165) is 22.6 Å². The fraction of sp³-hybridized carbons (Fsp3) is 0.364. The van der Waals surface area contributed by atoms with Gasteiger partial charge in [0.05, 0.1) is 5.92 Å². The zero-order valence-electron chi connectivity index (χ0n) is 16.4. The number of nitrogens with one attached hydrogen (secondary N) is 1. The SMILES string of the molecule is CC(C)c1ccccc1N1CC(C(=O)Nc2ccc(N(C)C)cc2)CC1=O. The molecule has 0 bridgehead atoms. The van der Waals surface area contributed by atoms with Crippen molar-refractivity contribution >= 4 is 28.9 Å². The molecule has 5 heteroatoms. The Morgan fingerprint density at radius 2 is 1.78 bits per heavy atom. The third kappa shape index (κ3) is 4.13. The van der Waals surface area contributed by atoms with Crippen molar-refractivity contribution < 1.29 is 9.59 Å². The van der Waals surface area contributed by atoms with Crippen molar-refractivity contribution in [1.29, 1.82) is 0 Å². The van der Waals surface area contributed by atoms with Crippen LogP contribution in [0.15, 0.2) is 48.5 Å². The van der Waals surface area contributed by atoms with Crippen molar-refractivity contribution in [2.45, 2.75) is 26.2 Å². The fourth-order valence-corrected chi connectivity index (χ4v) is 3.42. The fourth-order valence-electron chi connectivity index (χ4n) is 3.42. The Morgan fingerprint density at radius 1 is 1.11 bits per heavy atom. The number of hydrogen-bond donors (Lipinski definition) is 1. The average molecular weight is 365 g/mol. The van der Waals surface area contributed by atoms with E-state index in [1.807, 2.05) is 67.5 Å². The molecule has 0 saturated carbocycles. The molecule has 1 heterocycles. The second-order valence-corrected chi connectivity index (χ2v) is 7.55. The highest BCUT2D eigenvalue weighted by atomic mass is 16.2. The zero-order valence-corrected chi connectivity index (χ0v) is 16.4. The Balaban J connectivity index is 1.71.